The fraction of sp³-hybridized carbons (Fsp3) is 0. The second kappa shape index (κ2) is 2.39. The van der Waals surface area contributed by atoms with Gasteiger partial charge in [-0.15, -0.1) is 0 Å². The van der Waals surface area contributed by atoms with E-state index in [-0.39, 0.29) is 0 Å². The van der Waals surface area contributed by atoms with Crippen molar-refractivity contribution in [1.82, 2.24) is 0 Å². The van der Waals surface area contributed by atoms with E-state index in [0.717, 1.165) is 4.48 Å². The van der Waals surface area contributed by atoms with E-state index in [1.54, 1.807) is 6.08 Å². The third kappa shape index (κ3) is 1.40. The maximum atomic E-state index is 5.50. The summed E-state index contributed by atoms with van der Waals surface area (Å²) < 4.78 is 0.877. The van der Waals surface area contributed by atoms with Crippen LogP contribution in [0.1, 0.15) is 0 Å². The molecule has 0 aromatic heterocycles. The Bertz CT molecular complexity index is 201. The lowest BCUT2D eigenvalue weighted by molar-refractivity contribution is 1.81. The van der Waals surface area contributed by atoms with Crippen molar-refractivity contribution in [1.29, 1.82) is 0 Å². The van der Waals surface area contributed by atoms with Crippen molar-refractivity contribution < 1.29 is 0 Å². The number of hydrogen-bond donors (Lipinski definition) is 0. The minimum absolute atomic E-state index is 0.591. The fourth-order valence-corrected chi connectivity index (χ4v) is 0.691. The molecule has 0 saturated carbocycles. The Morgan fingerprint density at radius 3 is 2.50 bits per heavy atom. The molecule has 0 nitrogen and oxygen atoms in total. The Kier molecular flexibility index (Phi) is 1.77. The van der Waals surface area contributed by atoms with Crippen LogP contribution in [-0.2, 0) is 0 Å². The molecule has 0 aromatic carbocycles. The molecule has 1 aliphatic carbocycles. The molecule has 0 spiro atoms. The van der Waals surface area contributed by atoms with Crippen LogP contribution < -0.4 is 0 Å². The van der Waals surface area contributed by atoms with Crippen molar-refractivity contribution >= 4 is 27.5 Å². The maximum absolute atomic E-state index is 5.50. The molecule has 8 heavy (non-hydrogen) atoms. The van der Waals surface area contributed by atoms with E-state index >= 15 is 0 Å². The Morgan fingerprint density at radius 2 is 2.12 bits per heavy atom. The molecular weight excluding hydrogens is 187 g/mol. The van der Waals surface area contributed by atoms with Gasteiger partial charge in [0.1, 0.15) is 0 Å². The van der Waals surface area contributed by atoms with Crippen LogP contribution in [0.3, 0.4) is 0 Å². The zero-order valence-electron chi connectivity index (χ0n) is 3.91. The zero-order valence-corrected chi connectivity index (χ0v) is 6.25. The highest BCUT2D eigenvalue weighted by Gasteiger charge is 1.86. The first-order valence-electron chi connectivity index (χ1n) is 2.04. The van der Waals surface area contributed by atoms with E-state index < -0.39 is 0 Å². The maximum Gasteiger partial charge on any atom is 0.0908 e. The monoisotopic (exact) mass is 188 g/mol. The highest BCUT2D eigenvalue weighted by Crippen LogP contribution is 2.11. The van der Waals surface area contributed by atoms with Gasteiger partial charge in [0.05, 0.1) is 9.51 Å². The summed E-state index contributed by atoms with van der Waals surface area (Å²) in [7, 11) is 0. The first-order chi connectivity index (χ1) is 3.79. The lowest BCUT2D eigenvalue weighted by Crippen LogP contribution is -1.64. The van der Waals surface area contributed by atoms with Gasteiger partial charge in [-0.1, -0.05) is 17.3 Å². The average molecular weight is 189 g/mol. The number of rotatable bonds is 0. The third-order valence-corrected chi connectivity index (χ3v) is 1.36. The molecule has 0 atom stereocenters. The van der Waals surface area contributed by atoms with Crippen LogP contribution in [0, 0.1) is 0 Å². The SMILES string of the molecule is ClC1=C=C=C(Br)C=C1. The molecule has 1 aliphatic rings. The topological polar surface area (TPSA) is 0 Å². The Balaban J connectivity index is 3.19. The largest absolute Gasteiger partial charge is 0.0908 e. The normalized spacial score (nSPS) is 15.8. The lowest BCUT2D eigenvalue weighted by Gasteiger charge is -1.84. The molecule has 1 rings (SSSR count). The Morgan fingerprint density at radius 1 is 1.38 bits per heavy atom. The van der Waals surface area contributed by atoms with Crippen LogP contribution in [0.5, 0.6) is 0 Å². The smallest absolute Gasteiger partial charge is 0.0744 e. The predicted octanol–water partition coefficient (Wildman–Crippen LogP) is 2.71. The van der Waals surface area contributed by atoms with Crippen LogP contribution in [-0.4, -0.2) is 0 Å². The van der Waals surface area contributed by atoms with Crippen molar-refractivity contribution in [3.63, 3.8) is 0 Å². The molecule has 2 heteroatoms. The van der Waals surface area contributed by atoms with E-state index in [4.69, 9.17) is 11.6 Å². The molecule has 0 saturated heterocycles. The molecular formula is C6H2BrCl. The second-order valence-electron chi connectivity index (χ2n) is 1.28. The van der Waals surface area contributed by atoms with Crippen LogP contribution in [0.25, 0.3) is 0 Å². The first kappa shape index (κ1) is 5.94. The van der Waals surface area contributed by atoms with Crippen LogP contribution in [0.2, 0.25) is 0 Å². The van der Waals surface area contributed by atoms with Gasteiger partial charge >= 0.3 is 0 Å². The summed E-state index contributed by atoms with van der Waals surface area (Å²) in [6.07, 6.45) is 3.57. The molecule has 0 unspecified atom stereocenters. The summed E-state index contributed by atoms with van der Waals surface area (Å²) in [6.45, 7) is 0. The minimum Gasteiger partial charge on any atom is -0.0744 e. The van der Waals surface area contributed by atoms with Gasteiger partial charge in [-0.05, 0) is 33.8 Å². The molecule has 0 heterocycles. The van der Waals surface area contributed by atoms with Crippen molar-refractivity contribution in [2.45, 2.75) is 0 Å². The van der Waals surface area contributed by atoms with Gasteiger partial charge in [-0.25, -0.2) is 0 Å². The number of halogens is 2. The fourth-order valence-electron chi connectivity index (χ4n) is 0.349. The van der Waals surface area contributed by atoms with Crippen molar-refractivity contribution in [3.8, 4) is 0 Å². The predicted molar refractivity (Wildman–Crippen MR) is 38.0 cm³/mol. The second-order valence-corrected chi connectivity index (χ2v) is 2.54. The molecule has 0 N–H and O–H groups in total. The lowest BCUT2D eigenvalue weighted by atomic mass is 10.4. The highest BCUT2D eigenvalue weighted by molar-refractivity contribution is 9.11. The van der Waals surface area contributed by atoms with Crippen LogP contribution in [0.15, 0.2) is 33.1 Å². The molecule has 0 fully saturated rings. The van der Waals surface area contributed by atoms with Crippen LogP contribution >= 0.6 is 27.5 Å². The third-order valence-electron chi connectivity index (χ3n) is 0.677. The Labute approximate surface area is 61.0 Å². The van der Waals surface area contributed by atoms with E-state index in [9.17, 15) is 0 Å². The van der Waals surface area contributed by atoms with E-state index in [2.05, 4.69) is 27.4 Å². The Hall–Kier alpha value is -0.190. The molecule has 0 aromatic rings. The van der Waals surface area contributed by atoms with Crippen molar-refractivity contribution in [2.75, 3.05) is 0 Å². The zero-order chi connectivity index (χ0) is 5.98. The van der Waals surface area contributed by atoms with E-state index in [1.165, 1.54) is 0 Å². The van der Waals surface area contributed by atoms with Gasteiger partial charge in [0.2, 0.25) is 0 Å². The van der Waals surface area contributed by atoms with Gasteiger partial charge in [-0.2, -0.15) is 0 Å². The quantitative estimate of drug-likeness (QED) is 0.514. The summed E-state index contributed by atoms with van der Waals surface area (Å²) >= 11 is 8.70. The van der Waals surface area contributed by atoms with Gasteiger partial charge in [0.15, 0.2) is 0 Å². The van der Waals surface area contributed by atoms with Gasteiger partial charge in [0, 0.05) is 0 Å². The first-order valence-corrected chi connectivity index (χ1v) is 3.21. The van der Waals surface area contributed by atoms with Crippen molar-refractivity contribution in [2.24, 2.45) is 0 Å². The minimum atomic E-state index is 0.591. The summed E-state index contributed by atoms with van der Waals surface area (Å²) in [5.74, 6) is 0. The average Bonchev–Trinajstić information content (AvgIpc) is 1.77. The summed E-state index contributed by atoms with van der Waals surface area (Å²) in [5, 5.41) is 0.591. The summed E-state index contributed by atoms with van der Waals surface area (Å²) in [6, 6.07) is 0. The summed E-state index contributed by atoms with van der Waals surface area (Å²) in [4.78, 5) is 0. The number of hydrogen-bond acceptors (Lipinski definition) is 0. The molecule has 40 valence electrons. The standard InChI is InChI=1S/C6H2BrCl/c7-5-1-3-6(8)4-2-5/h1,3H. The van der Waals surface area contributed by atoms with Gasteiger partial charge < -0.3 is 0 Å². The molecule has 0 aliphatic heterocycles. The molecule has 0 bridgehead atoms. The summed E-state index contributed by atoms with van der Waals surface area (Å²) in [5.41, 5.74) is 5.45. The van der Waals surface area contributed by atoms with Gasteiger partial charge in [-0.3, -0.25) is 0 Å². The highest BCUT2D eigenvalue weighted by atomic mass is 79.9. The van der Waals surface area contributed by atoms with Gasteiger partial charge in [0.25, 0.3) is 0 Å². The van der Waals surface area contributed by atoms with E-state index in [1.807, 2.05) is 6.08 Å². The van der Waals surface area contributed by atoms with Crippen molar-refractivity contribution in [3.05, 3.63) is 33.1 Å². The van der Waals surface area contributed by atoms with Crippen LogP contribution in [0.4, 0.5) is 0 Å². The molecule has 0 radical (unpaired) electrons. The molecule has 0 amide bonds. The van der Waals surface area contributed by atoms with E-state index in [0.29, 0.717) is 5.03 Å². The number of allylic oxidation sites excluding steroid dienone is 4.